The summed E-state index contributed by atoms with van der Waals surface area (Å²) < 4.78 is 4.92. The summed E-state index contributed by atoms with van der Waals surface area (Å²) in [5, 5.41) is 0. The van der Waals surface area contributed by atoms with Gasteiger partial charge in [0.25, 0.3) is 0 Å². The van der Waals surface area contributed by atoms with Crippen molar-refractivity contribution in [2.45, 2.75) is 0 Å². The number of rotatable bonds is 0. The maximum absolute atomic E-state index is 4.92. The molecule has 9 heavy (non-hydrogen) atoms. The number of hydrogen-bond donors (Lipinski definition) is 0. The third-order valence-electron chi connectivity index (χ3n) is 1.26. The SMILES string of the molecule is C1=C=Cc2cocc2C=1. The van der Waals surface area contributed by atoms with Crippen LogP contribution in [0.1, 0.15) is 11.1 Å². The van der Waals surface area contributed by atoms with Crippen molar-refractivity contribution in [3.63, 3.8) is 0 Å². The molecule has 1 aliphatic carbocycles. The molecular formula is C8H4O. The topological polar surface area (TPSA) is 13.1 Å². The van der Waals surface area contributed by atoms with Gasteiger partial charge in [0, 0.05) is 11.1 Å². The zero-order chi connectivity index (χ0) is 6.10. The molecule has 0 saturated carbocycles. The molecule has 2 rings (SSSR count). The quantitative estimate of drug-likeness (QED) is 0.480. The number of hydrogen-bond acceptors (Lipinski definition) is 1. The highest BCUT2D eigenvalue weighted by molar-refractivity contribution is 5.66. The maximum atomic E-state index is 4.92. The van der Waals surface area contributed by atoms with Crippen molar-refractivity contribution in [1.82, 2.24) is 0 Å². The molecule has 0 amide bonds. The van der Waals surface area contributed by atoms with Crippen LogP contribution in [-0.4, -0.2) is 0 Å². The van der Waals surface area contributed by atoms with Gasteiger partial charge in [-0.05, 0) is 12.2 Å². The first kappa shape index (κ1) is 4.46. The zero-order valence-corrected chi connectivity index (χ0v) is 4.72. The molecule has 1 aliphatic rings. The van der Waals surface area contributed by atoms with Crippen molar-refractivity contribution >= 4 is 12.2 Å². The van der Waals surface area contributed by atoms with E-state index < -0.39 is 0 Å². The molecule has 0 fully saturated rings. The van der Waals surface area contributed by atoms with Gasteiger partial charge in [0.05, 0.1) is 12.5 Å². The van der Waals surface area contributed by atoms with Gasteiger partial charge in [0.15, 0.2) is 0 Å². The summed E-state index contributed by atoms with van der Waals surface area (Å²) in [6.45, 7) is 0. The standard InChI is InChI=1S/C8H4O/c1-2-4-8-6-9-5-7(8)3-1/h3-6H. The fourth-order valence-electron chi connectivity index (χ4n) is 0.790. The predicted molar refractivity (Wildman–Crippen MR) is 34.7 cm³/mol. The molecule has 0 saturated heterocycles. The second-order valence-electron chi connectivity index (χ2n) is 1.86. The molecule has 0 aliphatic heterocycles. The summed E-state index contributed by atoms with van der Waals surface area (Å²) in [7, 11) is 0. The molecule has 0 spiro atoms. The first-order valence-electron chi connectivity index (χ1n) is 2.70. The fraction of sp³-hybridized carbons (Fsp3) is 0. The summed E-state index contributed by atoms with van der Waals surface area (Å²) in [6.07, 6.45) is 7.08. The van der Waals surface area contributed by atoms with Crippen molar-refractivity contribution in [3.8, 4) is 0 Å². The molecule has 1 heterocycles. The van der Waals surface area contributed by atoms with E-state index in [2.05, 4.69) is 11.5 Å². The van der Waals surface area contributed by atoms with Gasteiger partial charge in [0.1, 0.15) is 0 Å². The Morgan fingerprint density at radius 3 is 2.11 bits per heavy atom. The van der Waals surface area contributed by atoms with Crippen molar-refractivity contribution in [1.29, 1.82) is 0 Å². The lowest BCUT2D eigenvalue weighted by Crippen LogP contribution is -1.70. The molecule has 1 nitrogen and oxygen atoms in total. The Hall–Kier alpha value is -1.42. The van der Waals surface area contributed by atoms with Crippen LogP contribution >= 0.6 is 0 Å². The average Bonchev–Trinajstić information content (AvgIpc) is 2.33. The van der Waals surface area contributed by atoms with Gasteiger partial charge in [0.2, 0.25) is 0 Å². The molecule has 1 aromatic rings. The summed E-state index contributed by atoms with van der Waals surface area (Å²) in [5.41, 5.74) is 7.83. The van der Waals surface area contributed by atoms with Crippen LogP contribution in [0, 0.1) is 0 Å². The van der Waals surface area contributed by atoms with Gasteiger partial charge in [-0.2, -0.15) is 0 Å². The Balaban J connectivity index is 2.79. The van der Waals surface area contributed by atoms with Crippen molar-refractivity contribution in [2.24, 2.45) is 0 Å². The van der Waals surface area contributed by atoms with Gasteiger partial charge in [-0.25, -0.2) is 0 Å². The van der Waals surface area contributed by atoms with Crippen LogP contribution in [-0.2, 0) is 0 Å². The van der Waals surface area contributed by atoms with Crippen LogP contribution in [0.25, 0.3) is 12.2 Å². The van der Waals surface area contributed by atoms with Crippen LogP contribution in [0.2, 0.25) is 0 Å². The van der Waals surface area contributed by atoms with Crippen LogP contribution in [0.15, 0.2) is 28.4 Å². The maximum Gasteiger partial charge on any atom is 0.0987 e. The minimum Gasteiger partial charge on any atom is -0.471 e. The lowest BCUT2D eigenvalue weighted by Gasteiger charge is -1.85. The largest absolute Gasteiger partial charge is 0.471 e. The summed E-state index contributed by atoms with van der Waals surface area (Å²) >= 11 is 0. The highest BCUT2D eigenvalue weighted by Gasteiger charge is 1.98. The van der Waals surface area contributed by atoms with E-state index in [1.807, 2.05) is 12.2 Å². The molecule has 0 radical (unpaired) electrons. The number of fused-ring (bicyclic) bond motifs is 1. The third-order valence-corrected chi connectivity index (χ3v) is 1.26. The Morgan fingerprint density at radius 2 is 1.56 bits per heavy atom. The highest BCUT2D eigenvalue weighted by atomic mass is 16.3. The van der Waals surface area contributed by atoms with Crippen molar-refractivity contribution in [2.75, 3.05) is 0 Å². The van der Waals surface area contributed by atoms with Crippen LogP contribution in [0.5, 0.6) is 0 Å². The van der Waals surface area contributed by atoms with E-state index in [9.17, 15) is 0 Å². The molecule has 42 valence electrons. The molecular weight excluding hydrogens is 112 g/mol. The van der Waals surface area contributed by atoms with Crippen LogP contribution < -0.4 is 0 Å². The predicted octanol–water partition coefficient (Wildman–Crippen LogP) is 2.07. The molecule has 0 atom stereocenters. The molecule has 0 aromatic carbocycles. The molecule has 1 aromatic heterocycles. The highest BCUT2D eigenvalue weighted by Crippen LogP contribution is 2.14. The Kier molecular flexibility index (Phi) is 0.757. The second-order valence-corrected chi connectivity index (χ2v) is 1.86. The Labute approximate surface area is 52.6 Å². The molecule has 0 N–H and O–H groups in total. The first-order valence-corrected chi connectivity index (χ1v) is 2.70. The van der Waals surface area contributed by atoms with Crippen molar-refractivity contribution < 1.29 is 4.42 Å². The molecule has 0 bridgehead atoms. The Morgan fingerprint density at radius 1 is 1.00 bits per heavy atom. The first-order chi connectivity index (χ1) is 4.47. The Bertz CT molecular complexity index is 288. The van der Waals surface area contributed by atoms with Gasteiger partial charge in [-0.15, -0.1) is 0 Å². The summed E-state index contributed by atoms with van der Waals surface area (Å²) in [5.74, 6) is 0. The van der Waals surface area contributed by atoms with E-state index in [1.165, 1.54) is 0 Å². The minimum atomic E-state index is 1.08. The summed E-state index contributed by atoms with van der Waals surface area (Å²) in [4.78, 5) is 0. The van der Waals surface area contributed by atoms with Crippen LogP contribution in [0.4, 0.5) is 0 Å². The van der Waals surface area contributed by atoms with Crippen molar-refractivity contribution in [3.05, 3.63) is 35.1 Å². The van der Waals surface area contributed by atoms with E-state index in [4.69, 9.17) is 4.42 Å². The normalized spacial score (nSPS) is 12.0. The van der Waals surface area contributed by atoms with E-state index in [1.54, 1.807) is 12.5 Å². The van der Waals surface area contributed by atoms with E-state index in [0.29, 0.717) is 0 Å². The lowest BCUT2D eigenvalue weighted by molar-refractivity contribution is 0.566. The van der Waals surface area contributed by atoms with Gasteiger partial charge < -0.3 is 4.42 Å². The van der Waals surface area contributed by atoms with E-state index in [0.717, 1.165) is 11.1 Å². The third kappa shape index (κ3) is 0.569. The molecule has 1 heteroatoms. The second kappa shape index (κ2) is 1.53. The number of furan rings is 1. The van der Waals surface area contributed by atoms with Crippen LogP contribution in [0.3, 0.4) is 0 Å². The van der Waals surface area contributed by atoms with E-state index in [-0.39, 0.29) is 0 Å². The molecule has 0 unspecified atom stereocenters. The van der Waals surface area contributed by atoms with Gasteiger partial charge in [-0.1, -0.05) is 11.5 Å². The lowest BCUT2D eigenvalue weighted by atomic mass is 10.1. The van der Waals surface area contributed by atoms with Gasteiger partial charge in [-0.3, -0.25) is 0 Å². The fourth-order valence-corrected chi connectivity index (χ4v) is 0.790. The van der Waals surface area contributed by atoms with Gasteiger partial charge >= 0.3 is 0 Å². The minimum absolute atomic E-state index is 1.08. The average molecular weight is 116 g/mol. The zero-order valence-electron chi connectivity index (χ0n) is 4.72. The smallest absolute Gasteiger partial charge is 0.0987 e. The monoisotopic (exact) mass is 116 g/mol. The summed E-state index contributed by atoms with van der Waals surface area (Å²) in [6, 6.07) is 0. The van der Waals surface area contributed by atoms with E-state index >= 15 is 0 Å².